The number of nitrogens with zero attached hydrogens (tertiary/aromatic N) is 1. The molecule has 4 nitrogen and oxygen atoms in total. The Hall–Kier alpha value is -1.84. The van der Waals surface area contributed by atoms with E-state index in [4.69, 9.17) is 0 Å². The second kappa shape index (κ2) is 8.32. The van der Waals surface area contributed by atoms with Crippen molar-refractivity contribution in [2.75, 3.05) is 11.4 Å². The number of aryl methyl sites for hydroxylation is 1. The van der Waals surface area contributed by atoms with Gasteiger partial charge in [-0.05, 0) is 36.8 Å². The van der Waals surface area contributed by atoms with Crippen LogP contribution in [0.5, 0.6) is 0 Å². The third-order valence-electron chi connectivity index (χ3n) is 4.81. The van der Waals surface area contributed by atoms with E-state index >= 15 is 0 Å². The average molecular weight is 330 g/mol. The van der Waals surface area contributed by atoms with Crippen LogP contribution in [0, 0.1) is 6.92 Å². The molecular formula is C20H30N2O2. The maximum absolute atomic E-state index is 12.5. The Kier molecular flexibility index (Phi) is 6.41. The van der Waals surface area contributed by atoms with Crippen molar-refractivity contribution in [2.24, 2.45) is 0 Å². The first-order valence-electron chi connectivity index (χ1n) is 9.07. The quantitative estimate of drug-likeness (QED) is 0.889. The van der Waals surface area contributed by atoms with Gasteiger partial charge in [0.1, 0.15) is 6.54 Å². The molecular weight excluding hydrogens is 300 g/mol. The van der Waals surface area contributed by atoms with E-state index in [2.05, 4.69) is 19.2 Å². The lowest BCUT2D eigenvalue weighted by Crippen LogP contribution is -2.44. The fourth-order valence-corrected chi connectivity index (χ4v) is 3.53. The number of anilines is 1. The summed E-state index contributed by atoms with van der Waals surface area (Å²) < 4.78 is 0. The van der Waals surface area contributed by atoms with Crippen molar-refractivity contribution < 1.29 is 9.59 Å². The van der Waals surface area contributed by atoms with Crippen LogP contribution in [0.2, 0.25) is 0 Å². The van der Waals surface area contributed by atoms with E-state index in [9.17, 15) is 9.59 Å². The lowest BCUT2D eigenvalue weighted by molar-refractivity contribution is -0.123. The molecule has 1 aromatic rings. The fourth-order valence-electron chi connectivity index (χ4n) is 3.53. The monoisotopic (exact) mass is 330 g/mol. The summed E-state index contributed by atoms with van der Waals surface area (Å²) in [5.41, 5.74) is 3.02. The van der Waals surface area contributed by atoms with Crippen molar-refractivity contribution in [3.05, 3.63) is 29.3 Å². The second-order valence-corrected chi connectivity index (χ2v) is 7.18. The van der Waals surface area contributed by atoms with Crippen LogP contribution in [0.3, 0.4) is 0 Å². The first-order valence-corrected chi connectivity index (χ1v) is 9.07. The van der Waals surface area contributed by atoms with Gasteiger partial charge >= 0.3 is 0 Å². The van der Waals surface area contributed by atoms with Gasteiger partial charge in [-0.25, -0.2) is 0 Å². The number of amides is 2. The van der Waals surface area contributed by atoms with Crippen molar-refractivity contribution in [3.63, 3.8) is 0 Å². The Morgan fingerprint density at radius 2 is 1.88 bits per heavy atom. The Morgan fingerprint density at radius 3 is 2.46 bits per heavy atom. The zero-order valence-electron chi connectivity index (χ0n) is 15.4. The summed E-state index contributed by atoms with van der Waals surface area (Å²) in [7, 11) is 0. The van der Waals surface area contributed by atoms with E-state index in [1.165, 1.54) is 26.2 Å². The number of rotatable bonds is 5. The average Bonchev–Trinajstić information content (AvgIpc) is 2.53. The maximum Gasteiger partial charge on any atom is 0.240 e. The summed E-state index contributed by atoms with van der Waals surface area (Å²) in [6, 6.07) is 6.31. The molecule has 0 aromatic heterocycles. The number of para-hydroxylation sites is 1. The van der Waals surface area contributed by atoms with Gasteiger partial charge in [0.2, 0.25) is 11.8 Å². The van der Waals surface area contributed by atoms with Gasteiger partial charge in [-0.3, -0.25) is 9.59 Å². The van der Waals surface area contributed by atoms with Crippen LogP contribution in [-0.4, -0.2) is 24.4 Å². The summed E-state index contributed by atoms with van der Waals surface area (Å²) in [5, 5.41) is 3.11. The van der Waals surface area contributed by atoms with E-state index in [-0.39, 0.29) is 24.4 Å². The molecule has 24 heavy (non-hydrogen) atoms. The third-order valence-corrected chi connectivity index (χ3v) is 4.81. The number of hydrogen-bond acceptors (Lipinski definition) is 2. The smallest absolute Gasteiger partial charge is 0.240 e. The first kappa shape index (κ1) is 18.5. The molecule has 1 aliphatic rings. The molecule has 1 saturated carbocycles. The van der Waals surface area contributed by atoms with Crippen molar-refractivity contribution >= 4 is 17.5 Å². The van der Waals surface area contributed by atoms with E-state index in [0.717, 1.165) is 29.7 Å². The van der Waals surface area contributed by atoms with Gasteiger partial charge in [0.15, 0.2) is 0 Å². The van der Waals surface area contributed by atoms with Crippen LogP contribution < -0.4 is 10.2 Å². The fraction of sp³-hybridized carbons (Fsp3) is 0.600. The minimum absolute atomic E-state index is 0.0601. The summed E-state index contributed by atoms with van der Waals surface area (Å²) in [6.07, 6.45) is 5.71. The molecule has 0 heterocycles. The van der Waals surface area contributed by atoms with Crippen LogP contribution in [0.25, 0.3) is 0 Å². The summed E-state index contributed by atoms with van der Waals surface area (Å²) in [5.74, 6) is 0.142. The van der Waals surface area contributed by atoms with Gasteiger partial charge in [0.05, 0.1) is 5.69 Å². The Morgan fingerprint density at radius 1 is 1.21 bits per heavy atom. The van der Waals surface area contributed by atoms with E-state index in [1.807, 2.05) is 25.1 Å². The molecule has 0 atom stereocenters. The summed E-state index contributed by atoms with van der Waals surface area (Å²) in [4.78, 5) is 26.4. The minimum atomic E-state index is -0.0926. The molecule has 0 aliphatic heterocycles. The van der Waals surface area contributed by atoms with Crippen molar-refractivity contribution in [1.82, 2.24) is 5.32 Å². The van der Waals surface area contributed by atoms with Gasteiger partial charge in [0, 0.05) is 13.0 Å². The van der Waals surface area contributed by atoms with E-state index in [0.29, 0.717) is 5.92 Å². The highest BCUT2D eigenvalue weighted by molar-refractivity contribution is 5.98. The van der Waals surface area contributed by atoms with Crippen LogP contribution in [0.15, 0.2) is 18.2 Å². The molecule has 1 fully saturated rings. The molecule has 4 heteroatoms. The van der Waals surface area contributed by atoms with Crippen molar-refractivity contribution in [3.8, 4) is 0 Å². The molecule has 0 unspecified atom stereocenters. The SMILES string of the molecule is CC(=O)N(CC(=O)NC1CCCCC1)c1c(C)cccc1C(C)C. The first-order chi connectivity index (χ1) is 11.4. The molecule has 1 N–H and O–H groups in total. The molecule has 0 bridgehead atoms. The number of nitrogens with one attached hydrogen (secondary N) is 1. The lowest BCUT2D eigenvalue weighted by atomic mass is 9.95. The lowest BCUT2D eigenvalue weighted by Gasteiger charge is -2.28. The van der Waals surface area contributed by atoms with E-state index in [1.54, 1.807) is 4.90 Å². The predicted molar refractivity (Wildman–Crippen MR) is 98.3 cm³/mol. The molecule has 0 spiro atoms. The summed E-state index contributed by atoms with van der Waals surface area (Å²) in [6.45, 7) is 7.84. The molecule has 0 radical (unpaired) electrons. The Labute approximate surface area is 145 Å². The van der Waals surface area contributed by atoms with Crippen LogP contribution in [0.1, 0.15) is 69.9 Å². The van der Waals surface area contributed by atoms with Gasteiger partial charge in [-0.2, -0.15) is 0 Å². The number of carbonyl (C=O) groups excluding carboxylic acids is 2. The van der Waals surface area contributed by atoms with Crippen molar-refractivity contribution in [1.29, 1.82) is 0 Å². The van der Waals surface area contributed by atoms with E-state index < -0.39 is 0 Å². The normalized spacial score (nSPS) is 15.4. The molecule has 2 amide bonds. The van der Waals surface area contributed by atoms with Gasteiger partial charge in [-0.1, -0.05) is 51.3 Å². The topological polar surface area (TPSA) is 49.4 Å². The second-order valence-electron chi connectivity index (χ2n) is 7.18. The summed E-state index contributed by atoms with van der Waals surface area (Å²) >= 11 is 0. The number of carbonyl (C=O) groups is 2. The zero-order chi connectivity index (χ0) is 17.7. The third kappa shape index (κ3) is 4.59. The number of hydrogen-bond donors (Lipinski definition) is 1. The predicted octanol–water partition coefficient (Wildman–Crippen LogP) is 3.92. The standard InChI is InChI=1S/C20H30N2O2/c1-14(2)18-12-8-9-15(3)20(18)22(16(4)23)13-19(24)21-17-10-6-5-7-11-17/h8-9,12,14,17H,5-7,10-11,13H2,1-4H3,(H,21,24). The molecule has 2 rings (SSSR count). The molecule has 1 aliphatic carbocycles. The highest BCUT2D eigenvalue weighted by atomic mass is 16.2. The largest absolute Gasteiger partial charge is 0.352 e. The van der Waals surface area contributed by atoms with Gasteiger partial charge < -0.3 is 10.2 Å². The molecule has 1 aromatic carbocycles. The van der Waals surface area contributed by atoms with Crippen LogP contribution in [0.4, 0.5) is 5.69 Å². The highest BCUT2D eigenvalue weighted by Crippen LogP contribution is 2.31. The Balaban J connectivity index is 2.18. The van der Waals surface area contributed by atoms with Crippen LogP contribution >= 0.6 is 0 Å². The van der Waals surface area contributed by atoms with Crippen molar-refractivity contribution in [2.45, 2.75) is 71.8 Å². The maximum atomic E-state index is 12.5. The molecule has 132 valence electrons. The highest BCUT2D eigenvalue weighted by Gasteiger charge is 2.23. The minimum Gasteiger partial charge on any atom is -0.352 e. The van der Waals surface area contributed by atoms with Gasteiger partial charge in [0.25, 0.3) is 0 Å². The van der Waals surface area contributed by atoms with Crippen LogP contribution in [-0.2, 0) is 9.59 Å². The molecule has 0 saturated heterocycles. The zero-order valence-corrected chi connectivity index (χ0v) is 15.4. The number of benzene rings is 1. The van der Waals surface area contributed by atoms with Gasteiger partial charge in [-0.15, -0.1) is 0 Å². The Bertz CT molecular complexity index is 589.